The number of carbonyl (C=O) groups excluding carboxylic acids is 2. The predicted molar refractivity (Wildman–Crippen MR) is 147 cm³/mol. The van der Waals surface area contributed by atoms with Crippen LogP contribution in [0.3, 0.4) is 0 Å². The second-order valence-electron chi connectivity index (χ2n) is 11.0. The van der Waals surface area contributed by atoms with Crippen molar-refractivity contribution in [2.24, 2.45) is 11.1 Å². The molecule has 0 unspecified atom stereocenters. The van der Waals surface area contributed by atoms with Crippen LogP contribution in [0.4, 0.5) is 0 Å². The fourth-order valence-electron chi connectivity index (χ4n) is 6.19. The van der Waals surface area contributed by atoms with Gasteiger partial charge in [-0.3, -0.25) is 19.6 Å². The molecule has 3 aliphatic rings. The SMILES string of the molecule is CN1CCC[C@H]1COc1cc(-n2ccc(-c3cnccn3)n2)nc(/C(N)=C2\CCC[C@@]3(CCCCC3=O)C2=O)n1. The van der Waals surface area contributed by atoms with Crippen molar-refractivity contribution >= 4 is 17.3 Å². The minimum atomic E-state index is -0.950. The van der Waals surface area contributed by atoms with Gasteiger partial charge < -0.3 is 15.4 Å². The second kappa shape index (κ2) is 10.9. The van der Waals surface area contributed by atoms with Gasteiger partial charge in [0.2, 0.25) is 5.88 Å². The zero-order valence-corrected chi connectivity index (χ0v) is 22.8. The van der Waals surface area contributed by atoms with Crippen molar-refractivity contribution in [2.45, 2.75) is 63.8 Å². The molecule has 0 aromatic carbocycles. The molecule has 11 heteroatoms. The van der Waals surface area contributed by atoms with Crippen LogP contribution in [0.5, 0.6) is 5.88 Å². The van der Waals surface area contributed by atoms with Gasteiger partial charge in [0.05, 0.1) is 17.3 Å². The summed E-state index contributed by atoms with van der Waals surface area (Å²) in [5, 5.41) is 4.64. The van der Waals surface area contributed by atoms with Crippen LogP contribution >= 0.6 is 0 Å². The third-order valence-electron chi connectivity index (χ3n) is 8.53. The van der Waals surface area contributed by atoms with E-state index in [1.54, 1.807) is 35.5 Å². The standard InChI is InChI=1S/C29H34N8O3/c1-36-14-5-6-19(36)18-40-25-16-24(37-15-9-21(35-37)22-17-31-12-13-32-22)33-28(34-25)26(30)20-7-4-11-29(27(20)39)10-3-2-8-23(29)38/h9,12-13,15-17,19H,2-8,10-11,14,18,30H2,1H3/b26-20-/t19-,29+/m0/s1. The van der Waals surface area contributed by atoms with Crippen molar-refractivity contribution in [3.63, 3.8) is 0 Å². The number of aromatic nitrogens is 6. The highest BCUT2D eigenvalue weighted by Gasteiger charge is 2.49. The smallest absolute Gasteiger partial charge is 0.219 e. The number of hydrogen-bond acceptors (Lipinski definition) is 10. The number of rotatable bonds is 6. The Morgan fingerprint density at radius 3 is 2.75 bits per heavy atom. The van der Waals surface area contributed by atoms with Crippen LogP contribution in [0, 0.1) is 5.41 Å². The summed E-state index contributed by atoms with van der Waals surface area (Å²) in [4.78, 5) is 46.8. The average molecular weight is 543 g/mol. The van der Waals surface area contributed by atoms with Crippen molar-refractivity contribution in [1.29, 1.82) is 0 Å². The molecule has 2 atom stereocenters. The first-order valence-electron chi connectivity index (χ1n) is 14.1. The number of Topliss-reactive ketones (excluding diaryl/α,β-unsaturated/α-hetero) is 2. The van der Waals surface area contributed by atoms with Crippen molar-refractivity contribution < 1.29 is 14.3 Å². The minimum Gasteiger partial charge on any atom is -0.476 e. The summed E-state index contributed by atoms with van der Waals surface area (Å²) >= 11 is 0. The number of ketones is 2. The number of hydrogen-bond donors (Lipinski definition) is 1. The Kier molecular flexibility index (Phi) is 7.14. The van der Waals surface area contributed by atoms with Gasteiger partial charge in [-0.2, -0.15) is 10.1 Å². The maximum Gasteiger partial charge on any atom is 0.219 e. The minimum absolute atomic E-state index is 0.0428. The molecule has 2 N–H and O–H groups in total. The first kappa shape index (κ1) is 26.2. The lowest BCUT2D eigenvalue weighted by atomic mass is 9.62. The van der Waals surface area contributed by atoms with E-state index in [1.165, 1.54) is 0 Å². The molecular formula is C29H34N8O3. The predicted octanol–water partition coefficient (Wildman–Crippen LogP) is 3.14. The molecule has 208 valence electrons. The maximum absolute atomic E-state index is 13.8. The number of likely N-dealkylation sites (tertiary alicyclic amines) is 1. The maximum atomic E-state index is 13.8. The Morgan fingerprint density at radius 2 is 1.98 bits per heavy atom. The molecule has 0 amide bonds. The summed E-state index contributed by atoms with van der Waals surface area (Å²) in [7, 11) is 2.09. The van der Waals surface area contributed by atoms with Gasteiger partial charge >= 0.3 is 0 Å². The molecule has 1 aliphatic heterocycles. The van der Waals surface area contributed by atoms with E-state index in [4.69, 9.17) is 15.5 Å². The first-order valence-corrected chi connectivity index (χ1v) is 14.1. The third-order valence-corrected chi connectivity index (χ3v) is 8.53. The van der Waals surface area contributed by atoms with Crippen LogP contribution in [0.2, 0.25) is 0 Å². The van der Waals surface area contributed by atoms with E-state index in [1.807, 2.05) is 6.07 Å². The molecule has 0 bridgehead atoms. The molecule has 0 radical (unpaired) electrons. The average Bonchev–Trinajstić information content (AvgIpc) is 3.64. The highest BCUT2D eigenvalue weighted by atomic mass is 16.5. The van der Waals surface area contributed by atoms with E-state index in [9.17, 15) is 9.59 Å². The Hall–Kier alpha value is -3.99. The Morgan fingerprint density at radius 1 is 1.10 bits per heavy atom. The molecule has 40 heavy (non-hydrogen) atoms. The lowest BCUT2D eigenvalue weighted by Gasteiger charge is -2.38. The summed E-state index contributed by atoms with van der Waals surface area (Å²) < 4.78 is 7.78. The zero-order valence-electron chi connectivity index (χ0n) is 22.8. The summed E-state index contributed by atoms with van der Waals surface area (Å²) in [6, 6.07) is 3.84. The number of carbonyl (C=O) groups is 2. The van der Waals surface area contributed by atoms with Gasteiger partial charge in [-0.15, -0.1) is 0 Å². The van der Waals surface area contributed by atoms with E-state index in [0.29, 0.717) is 67.0 Å². The van der Waals surface area contributed by atoms with E-state index >= 15 is 0 Å². The normalized spacial score (nSPS) is 25.0. The second-order valence-corrected chi connectivity index (χ2v) is 11.0. The Labute approximate surface area is 232 Å². The van der Waals surface area contributed by atoms with E-state index in [2.05, 4.69) is 32.0 Å². The fourth-order valence-corrected chi connectivity index (χ4v) is 6.19. The summed E-state index contributed by atoms with van der Waals surface area (Å²) in [6.07, 6.45) is 13.4. The molecule has 2 aliphatic carbocycles. The number of nitrogens with two attached hydrogens (primary N) is 1. The van der Waals surface area contributed by atoms with Gasteiger partial charge in [-0.1, -0.05) is 6.42 Å². The molecule has 4 heterocycles. The number of likely N-dealkylation sites (N-methyl/N-ethyl adjacent to an activating group) is 1. The van der Waals surface area contributed by atoms with E-state index < -0.39 is 5.41 Å². The molecule has 3 aromatic rings. The molecular weight excluding hydrogens is 508 g/mol. The van der Waals surface area contributed by atoms with Crippen LogP contribution in [-0.4, -0.2) is 72.4 Å². The lowest BCUT2D eigenvalue weighted by molar-refractivity contribution is -0.143. The molecule has 3 fully saturated rings. The zero-order chi connectivity index (χ0) is 27.7. The molecule has 1 spiro atoms. The third kappa shape index (κ3) is 4.90. The quantitative estimate of drug-likeness (QED) is 0.365. The van der Waals surface area contributed by atoms with Gasteiger partial charge in [0.1, 0.15) is 23.8 Å². The van der Waals surface area contributed by atoms with E-state index in [-0.39, 0.29) is 23.1 Å². The summed E-state index contributed by atoms with van der Waals surface area (Å²) in [6.45, 7) is 1.51. The van der Waals surface area contributed by atoms with E-state index in [0.717, 1.165) is 38.6 Å². The van der Waals surface area contributed by atoms with Crippen molar-refractivity contribution in [2.75, 3.05) is 20.2 Å². The van der Waals surface area contributed by atoms with Crippen molar-refractivity contribution in [3.05, 3.63) is 48.3 Å². The van der Waals surface area contributed by atoms with Crippen molar-refractivity contribution in [3.8, 4) is 23.1 Å². The Balaban J connectivity index is 1.37. The molecule has 11 nitrogen and oxygen atoms in total. The topological polar surface area (TPSA) is 142 Å². The number of nitrogens with zero attached hydrogens (tertiary/aromatic N) is 7. The van der Waals surface area contributed by atoms with Gasteiger partial charge in [-0.25, -0.2) is 9.67 Å². The highest BCUT2D eigenvalue weighted by molar-refractivity contribution is 6.17. The van der Waals surface area contributed by atoms with Crippen LogP contribution < -0.4 is 10.5 Å². The monoisotopic (exact) mass is 542 g/mol. The summed E-state index contributed by atoms with van der Waals surface area (Å²) in [5.74, 6) is 0.889. The van der Waals surface area contributed by atoms with Crippen LogP contribution in [0.15, 0.2) is 42.5 Å². The largest absolute Gasteiger partial charge is 0.476 e. The molecule has 2 saturated carbocycles. The highest BCUT2D eigenvalue weighted by Crippen LogP contribution is 2.45. The molecule has 3 aromatic heterocycles. The van der Waals surface area contributed by atoms with Crippen LogP contribution in [-0.2, 0) is 9.59 Å². The van der Waals surface area contributed by atoms with Crippen LogP contribution in [0.25, 0.3) is 22.9 Å². The fraction of sp³-hybridized carbons (Fsp3) is 0.483. The first-order chi connectivity index (χ1) is 19.4. The lowest BCUT2D eigenvalue weighted by Crippen LogP contribution is -2.45. The summed E-state index contributed by atoms with van der Waals surface area (Å²) in [5.41, 5.74) is 7.62. The van der Waals surface area contributed by atoms with Crippen molar-refractivity contribution in [1.82, 2.24) is 34.6 Å². The molecule has 6 rings (SSSR count). The molecule has 1 saturated heterocycles. The number of ether oxygens (including phenoxy) is 1. The Bertz CT molecular complexity index is 1450. The van der Waals surface area contributed by atoms with Gasteiger partial charge in [-0.05, 0) is 64.6 Å². The van der Waals surface area contributed by atoms with Gasteiger partial charge in [0, 0.05) is 42.7 Å². The number of allylic oxidation sites excluding steroid dienone is 1. The van der Waals surface area contributed by atoms with Crippen LogP contribution in [0.1, 0.15) is 63.6 Å². The van der Waals surface area contributed by atoms with Gasteiger partial charge in [0.25, 0.3) is 0 Å². The van der Waals surface area contributed by atoms with Gasteiger partial charge in [0.15, 0.2) is 17.4 Å².